The molecule has 3 atom stereocenters. The van der Waals surface area contributed by atoms with Crippen molar-refractivity contribution < 1.29 is 0 Å². The van der Waals surface area contributed by atoms with Crippen molar-refractivity contribution in [2.24, 2.45) is 0 Å². The Labute approximate surface area is 100 Å². The van der Waals surface area contributed by atoms with E-state index in [1.807, 2.05) is 12.4 Å². The highest BCUT2D eigenvalue weighted by Crippen LogP contribution is 2.36. The van der Waals surface area contributed by atoms with Gasteiger partial charge >= 0.3 is 0 Å². The molecule has 3 heterocycles. The lowest BCUT2D eigenvalue weighted by molar-refractivity contribution is 0.410. The molecule has 2 fully saturated rings. The molecule has 3 rings (SSSR count). The Bertz CT molecular complexity index is 385. The summed E-state index contributed by atoms with van der Waals surface area (Å²) in [5.74, 6) is 0. The third kappa shape index (κ3) is 1.69. The van der Waals surface area contributed by atoms with Gasteiger partial charge in [-0.2, -0.15) is 0 Å². The molecule has 5 heteroatoms. The smallest absolute Gasteiger partial charge is 0.0567 e. The number of piperazine rings is 1. The van der Waals surface area contributed by atoms with Crippen LogP contribution in [0.5, 0.6) is 0 Å². The number of halogens is 1. The van der Waals surface area contributed by atoms with E-state index in [0.717, 1.165) is 17.6 Å². The van der Waals surface area contributed by atoms with Crippen molar-refractivity contribution in [2.45, 2.75) is 18.5 Å². The molecule has 0 radical (unpaired) electrons. The molecule has 2 saturated heterocycles. The average molecular weight is 286 g/mol. The molecule has 3 nitrogen and oxygen atoms in total. The van der Waals surface area contributed by atoms with Crippen molar-refractivity contribution in [1.82, 2.24) is 9.65 Å². The van der Waals surface area contributed by atoms with Crippen LogP contribution in [-0.2, 0) is 0 Å². The molecule has 2 aliphatic rings. The highest BCUT2D eigenvalue weighted by molar-refractivity contribution is 9.10. The van der Waals surface area contributed by atoms with Gasteiger partial charge in [-0.05, 0) is 28.4 Å². The third-order valence-electron chi connectivity index (χ3n) is 3.31. The largest absolute Gasteiger partial charge is 0.364 e. The number of rotatable bonds is 1. The maximum Gasteiger partial charge on any atom is 0.0567 e. The normalized spacial score (nSPS) is 30.1. The maximum absolute atomic E-state index is 4.22. The minimum Gasteiger partial charge on any atom is -0.364 e. The van der Waals surface area contributed by atoms with Crippen LogP contribution in [0.1, 0.15) is 6.42 Å². The van der Waals surface area contributed by atoms with Gasteiger partial charge in [0.15, 0.2) is 0 Å². The third-order valence-corrected chi connectivity index (χ3v) is 4.37. The zero-order valence-electron chi connectivity index (χ0n) is 8.31. The monoisotopic (exact) mass is 285 g/mol. The van der Waals surface area contributed by atoms with Gasteiger partial charge < -0.3 is 4.90 Å². The summed E-state index contributed by atoms with van der Waals surface area (Å²) in [5, 5.41) is 0. The molecule has 2 bridgehead atoms. The number of nitrogens with zero attached hydrogens (tertiary/aromatic N) is 3. The Morgan fingerprint density at radius 2 is 2.20 bits per heavy atom. The van der Waals surface area contributed by atoms with Crippen LogP contribution in [0.15, 0.2) is 22.9 Å². The average Bonchev–Trinajstić information content (AvgIpc) is 2.76. The SMILES string of the molecule is PN1CC2CC1CN2c1cncc(Br)c1. The molecule has 0 N–H and O–H groups in total. The highest BCUT2D eigenvalue weighted by atomic mass is 79.9. The summed E-state index contributed by atoms with van der Waals surface area (Å²) in [6.45, 7) is 2.29. The minimum absolute atomic E-state index is 0.670. The molecular formula is C10H13BrN3P. The molecule has 0 spiro atoms. The van der Waals surface area contributed by atoms with Crippen LogP contribution >= 0.6 is 25.3 Å². The highest BCUT2D eigenvalue weighted by Gasteiger charge is 2.41. The van der Waals surface area contributed by atoms with Crippen LogP contribution < -0.4 is 4.90 Å². The van der Waals surface area contributed by atoms with Crippen LogP contribution in [-0.4, -0.2) is 34.8 Å². The van der Waals surface area contributed by atoms with Crippen LogP contribution in [0.25, 0.3) is 0 Å². The lowest BCUT2D eigenvalue weighted by atomic mass is 10.2. The van der Waals surface area contributed by atoms with Crippen molar-refractivity contribution in [2.75, 3.05) is 18.0 Å². The molecule has 0 amide bonds. The molecule has 3 unspecified atom stereocenters. The van der Waals surface area contributed by atoms with Crippen molar-refractivity contribution in [3.05, 3.63) is 22.9 Å². The molecule has 0 aromatic carbocycles. The Balaban J connectivity index is 1.86. The van der Waals surface area contributed by atoms with Crippen molar-refractivity contribution >= 4 is 31.0 Å². The van der Waals surface area contributed by atoms with Gasteiger partial charge in [0.2, 0.25) is 0 Å². The Kier molecular flexibility index (Phi) is 2.46. The zero-order valence-corrected chi connectivity index (χ0v) is 11.0. The number of fused-ring (bicyclic) bond motifs is 2. The number of pyridine rings is 1. The summed E-state index contributed by atoms with van der Waals surface area (Å²) < 4.78 is 3.44. The summed E-state index contributed by atoms with van der Waals surface area (Å²) in [5.41, 5.74) is 1.25. The van der Waals surface area contributed by atoms with Gasteiger partial charge in [0.25, 0.3) is 0 Å². The van der Waals surface area contributed by atoms with E-state index in [0.29, 0.717) is 12.1 Å². The molecule has 80 valence electrons. The van der Waals surface area contributed by atoms with Gasteiger partial charge in [-0.25, -0.2) is 0 Å². The topological polar surface area (TPSA) is 19.4 Å². The summed E-state index contributed by atoms with van der Waals surface area (Å²) in [7, 11) is 2.83. The van der Waals surface area contributed by atoms with Crippen molar-refractivity contribution in [3.63, 3.8) is 0 Å². The van der Waals surface area contributed by atoms with Crippen molar-refractivity contribution in [1.29, 1.82) is 0 Å². The van der Waals surface area contributed by atoms with E-state index in [1.54, 1.807) is 0 Å². The second-order valence-corrected chi connectivity index (χ2v) is 5.83. The second-order valence-electron chi connectivity index (χ2n) is 4.25. The van der Waals surface area contributed by atoms with E-state index >= 15 is 0 Å². The van der Waals surface area contributed by atoms with E-state index < -0.39 is 0 Å². The van der Waals surface area contributed by atoms with Crippen LogP contribution in [0, 0.1) is 0 Å². The van der Waals surface area contributed by atoms with Gasteiger partial charge in [-0.15, -0.1) is 0 Å². The Morgan fingerprint density at radius 1 is 1.33 bits per heavy atom. The van der Waals surface area contributed by atoms with Gasteiger partial charge in [0.05, 0.1) is 11.9 Å². The Hall–Kier alpha value is -0.180. The van der Waals surface area contributed by atoms with Crippen LogP contribution in [0.2, 0.25) is 0 Å². The van der Waals surface area contributed by atoms with Crippen molar-refractivity contribution in [3.8, 4) is 0 Å². The fraction of sp³-hybridized carbons (Fsp3) is 0.500. The molecule has 2 aliphatic heterocycles. The first-order valence-electron chi connectivity index (χ1n) is 5.12. The molecule has 15 heavy (non-hydrogen) atoms. The van der Waals surface area contributed by atoms with Gasteiger partial charge in [-0.3, -0.25) is 9.65 Å². The van der Waals surface area contributed by atoms with E-state index in [9.17, 15) is 0 Å². The van der Waals surface area contributed by atoms with E-state index in [2.05, 4.69) is 45.9 Å². The maximum atomic E-state index is 4.22. The quantitative estimate of drug-likeness (QED) is 0.735. The minimum atomic E-state index is 0.670. The first kappa shape index (κ1) is 10.0. The zero-order chi connectivity index (χ0) is 10.4. The summed E-state index contributed by atoms with van der Waals surface area (Å²) in [6, 6.07) is 3.53. The lowest BCUT2D eigenvalue weighted by Gasteiger charge is -2.33. The fourth-order valence-corrected chi connectivity index (χ4v) is 3.38. The molecule has 0 saturated carbocycles. The van der Waals surface area contributed by atoms with Crippen LogP contribution in [0.3, 0.4) is 0 Å². The van der Waals surface area contributed by atoms with E-state index in [4.69, 9.17) is 0 Å². The van der Waals surface area contributed by atoms with Gasteiger partial charge in [-0.1, -0.05) is 9.39 Å². The van der Waals surface area contributed by atoms with Crippen LogP contribution in [0.4, 0.5) is 5.69 Å². The number of aromatic nitrogens is 1. The predicted octanol–water partition coefficient (Wildman–Crippen LogP) is 1.90. The molecule has 0 aliphatic carbocycles. The van der Waals surface area contributed by atoms with E-state index in [-0.39, 0.29) is 0 Å². The first-order chi connectivity index (χ1) is 7.24. The summed E-state index contributed by atoms with van der Waals surface area (Å²) in [6.07, 6.45) is 5.08. The molecular weight excluding hydrogens is 273 g/mol. The molecule has 1 aromatic heterocycles. The van der Waals surface area contributed by atoms with E-state index in [1.165, 1.54) is 12.1 Å². The predicted molar refractivity (Wildman–Crippen MR) is 67.9 cm³/mol. The number of hydrogen-bond donors (Lipinski definition) is 0. The summed E-state index contributed by atoms with van der Waals surface area (Å²) >= 11 is 3.47. The number of hydrogen-bond acceptors (Lipinski definition) is 3. The second kappa shape index (κ2) is 3.69. The summed E-state index contributed by atoms with van der Waals surface area (Å²) in [4.78, 5) is 6.70. The number of anilines is 1. The van der Waals surface area contributed by atoms with Gasteiger partial charge in [0, 0.05) is 35.8 Å². The lowest BCUT2D eigenvalue weighted by Crippen LogP contribution is -2.42. The van der Waals surface area contributed by atoms with Gasteiger partial charge in [0.1, 0.15) is 0 Å². The fourth-order valence-electron chi connectivity index (χ4n) is 2.57. The Morgan fingerprint density at radius 3 is 2.80 bits per heavy atom. The first-order valence-corrected chi connectivity index (χ1v) is 6.43. The molecule has 1 aromatic rings. The standard InChI is InChI=1S/C10H13BrN3P/c11-7-1-8(4-12-3-7)13-5-10-2-9(13)6-14(10)15/h1,3-4,9-10H,2,5-6,15H2.